The summed E-state index contributed by atoms with van der Waals surface area (Å²) in [5.74, 6) is -1.83. The van der Waals surface area contributed by atoms with Crippen molar-refractivity contribution in [2.24, 2.45) is 5.92 Å². The standard InChI is InChI=1S/C8H13BF2O2/c1-8(2,3)13-7(12)5-4-6(5)9(10)11/h5-6H,4H2,1-3H3/t5-,6-/m0/s1. The van der Waals surface area contributed by atoms with Gasteiger partial charge in [-0.05, 0) is 27.2 Å². The molecule has 0 heterocycles. The second kappa shape index (κ2) is 3.27. The maximum Gasteiger partial charge on any atom is 0.542 e. The van der Waals surface area contributed by atoms with Crippen LogP contribution in [-0.2, 0) is 9.53 Å². The summed E-state index contributed by atoms with van der Waals surface area (Å²) in [6.07, 6.45) is 0.270. The van der Waals surface area contributed by atoms with Crippen molar-refractivity contribution in [1.82, 2.24) is 0 Å². The highest BCUT2D eigenvalue weighted by Crippen LogP contribution is 2.48. The molecule has 2 atom stereocenters. The Bertz CT molecular complexity index is 213. The Labute approximate surface area is 76.8 Å². The van der Waals surface area contributed by atoms with Gasteiger partial charge in [-0.3, -0.25) is 13.4 Å². The van der Waals surface area contributed by atoms with Crippen LogP contribution >= 0.6 is 0 Å². The summed E-state index contributed by atoms with van der Waals surface area (Å²) in [6, 6.07) is 0. The third-order valence-electron chi connectivity index (χ3n) is 1.87. The minimum absolute atomic E-state index is 0.270. The number of hydrogen-bond acceptors (Lipinski definition) is 2. The van der Waals surface area contributed by atoms with Gasteiger partial charge in [0.05, 0.1) is 5.92 Å². The van der Waals surface area contributed by atoms with Gasteiger partial charge in [-0.2, -0.15) is 0 Å². The van der Waals surface area contributed by atoms with E-state index in [0.29, 0.717) is 0 Å². The number of carbonyl (C=O) groups excluding carboxylic acids is 1. The van der Waals surface area contributed by atoms with E-state index < -0.39 is 30.6 Å². The highest BCUT2D eigenvalue weighted by molar-refractivity contribution is 6.46. The van der Waals surface area contributed by atoms with Gasteiger partial charge in [0.25, 0.3) is 0 Å². The van der Waals surface area contributed by atoms with Crippen molar-refractivity contribution in [3.63, 3.8) is 0 Å². The first-order chi connectivity index (χ1) is 5.81. The van der Waals surface area contributed by atoms with Crippen LogP contribution in [-0.4, -0.2) is 18.8 Å². The van der Waals surface area contributed by atoms with E-state index in [1.165, 1.54) is 0 Å². The molecule has 1 fully saturated rings. The molecule has 0 spiro atoms. The summed E-state index contributed by atoms with van der Waals surface area (Å²) < 4.78 is 29.1. The second-order valence-electron chi connectivity index (χ2n) is 4.37. The molecule has 0 N–H and O–H groups in total. The van der Waals surface area contributed by atoms with Crippen LogP contribution in [0.4, 0.5) is 8.63 Å². The molecule has 2 nitrogen and oxygen atoms in total. The molecule has 0 radical (unpaired) electrons. The molecule has 1 aliphatic carbocycles. The minimum atomic E-state index is -2.39. The lowest BCUT2D eigenvalue weighted by Crippen LogP contribution is -2.25. The first-order valence-electron chi connectivity index (χ1n) is 4.32. The van der Waals surface area contributed by atoms with Gasteiger partial charge in [0.15, 0.2) is 0 Å². The Morgan fingerprint density at radius 1 is 1.46 bits per heavy atom. The van der Waals surface area contributed by atoms with E-state index in [9.17, 15) is 13.4 Å². The van der Waals surface area contributed by atoms with Gasteiger partial charge in [0.2, 0.25) is 0 Å². The summed E-state index contributed by atoms with van der Waals surface area (Å²) in [7, 11) is -2.39. The number of rotatable bonds is 2. The van der Waals surface area contributed by atoms with E-state index in [2.05, 4.69) is 0 Å². The Hall–Kier alpha value is -0.605. The molecular formula is C8H13BF2O2. The second-order valence-corrected chi connectivity index (χ2v) is 4.37. The normalized spacial score (nSPS) is 26.8. The Balaban J connectivity index is 2.36. The fourth-order valence-electron chi connectivity index (χ4n) is 1.14. The number of ether oxygens (including phenoxy) is 1. The maximum atomic E-state index is 12.1. The van der Waals surface area contributed by atoms with E-state index >= 15 is 0 Å². The highest BCUT2D eigenvalue weighted by Gasteiger charge is 2.53. The van der Waals surface area contributed by atoms with Gasteiger partial charge in [-0.15, -0.1) is 0 Å². The van der Waals surface area contributed by atoms with Crippen molar-refractivity contribution >= 4 is 13.2 Å². The Kier molecular flexibility index (Phi) is 2.64. The van der Waals surface area contributed by atoms with Crippen molar-refractivity contribution in [1.29, 1.82) is 0 Å². The van der Waals surface area contributed by atoms with Crippen LogP contribution < -0.4 is 0 Å². The maximum absolute atomic E-state index is 12.1. The molecule has 0 aromatic rings. The predicted molar refractivity (Wildman–Crippen MR) is 45.7 cm³/mol. The molecule has 1 aliphatic rings. The number of halogens is 2. The zero-order chi connectivity index (χ0) is 10.2. The topological polar surface area (TPSA) is 26.3 Å². The Morgan fingerprint density at radius 2 is 2.00 bits per heavy atom. The molecule has 0 aromatic heterocycles. The zero-order valence-electron chi connectivity index (χ0n) is 8.01. The first-order valence-corrected chi connectivity index (χ1v) is 4.32. The highest BCUT2D eigenvalue weighted by atomic mass is 19.2. The largest absolute Gasteiger partial charge is 0.542 e. The monoisotopic (exact) mass is 190 g/mol. The molecule has 0 amide bonds. The van der Waals surface area contributed by atoms with Crippen LogP contribution in [0.25, 0.3) is 0 Å². The van der Waals surface area contributed by atoms with Crippen molar-refractivity contribution in [2.75, 3.05) is 0 Å². The van der Waals surface area contributed by atoms with E-state index in [1.807, 2.05) is 0 Å². The molecule has 1 saturated carbocycles. The SMILES string of the molecule is CC(C)(C)OC(=O)[C@H]1C[C@@H]1B(F)F. The first kappa shape index (κ1) is 10.5. The fourth-order valence-corrected chi connectivity index (χ4v) is 1.14. The number of hydrogen-bond donors (Lipinski definition) is 0. The van der Waals surface area contributed by atoms with Crippen molar-refractivity contribution in [3.8, 4) is 0 Å². The molecule has 13 heavy (non-hydrogen) atoms. The van der Waals surface area contributed by atoms with Gasteiger partial charge < -0.3 is 4.74 Å². The Morgan fingerprint density at radius 3 is 2.31 bits per heavy atom. The molecule has 74 valence electrons. The number of carbonyl (C=O) groups is 1. The molecule has 0 bridgehead atoms. The summed E-state index contributed by atoms with van der Waals surface area (Å²) in [5.41, 5.74) is -0.577. The van der Waals surface area contributed by atoms with E-state index in [1.54, 1.807) is 20.8 Å². The lowest BCUT2D eigenvalue weighted by atomic mass is 9.88. The van der Waals surface area contributed by atoms with Gasteiger partial charge in [-0.1, -0.05) is 0 Å². The van der Waals surface area contributed by atoms with Gasteiger partial charge in [0, 0.05) is 5.82 Å². The molecule has 0 unspecified atom stereocenters. The summed E-state index contributed by atoms with van der Waals surface area (Å²) >= 11 is 0. The van der Waals surface area contributed by atoms with Gasteiger partial charge in [0.1, 0.15) is 5.60 Å². The van der Waals surface area contributed by atoms with Crippen LogP contribution in [0.3, 0.4) is 0 Å². The quantitative estimate of drug-likeness (QED) is 0.492. The zero-order valence-corrected chi connectivity index (χ0v) is 8.01. The third kappa shape index (κ3) is 2.97. The van der Waals surface area contributed by atoms with Crippen molar-refractivity contribution in [2.45, 2.75) is 38.6 Å². The van der Waals surface area contributed by atoms with Crippen LogP contribution in [0.1, 0.15) is 27.2 Å². The molecular weight excluding hydrogens is 177 g/mol. The molecule has 0 aromatic carbocycles. The lowest BCUT2D eigenvalue weighted by Gasteiger charge is -2.19. The van der Waals surface area contributed by atoms with Crippen LogP contribution in [0, 0.1) is 5.92 Å². The number of esters is 1. The molecule has 0 aliphatic heterocycles. The van der Waals surface area contributed by atoms with Crippen molar-refractivity contribution < 1.29 is 18.2 Å². The smallest absolute Gasteiger partial charge is 0.460 e. The van der Waals surface area contributed by atoms with Gasteiger partial charge in [-0.25, -0.2) is 0 Å². The van der Waals surface area contributed by atoms with E-state index in [4.69, 9.17) is 4.74 Å². The summed E-state index contributed by atoms with van der Waals surface area (Å²) in [5, 5.41) is 0. The van der Waals surface area contributed by atoms with E-state index in [-0.39, 0.29) is 6.42 Å². The molecule has 1 rings (SSSR count). The van der Waals surface area contributed by atoms with Crippen LogP contribution in [0.5, 0.6) is 0 Å². The summed E-state index contributed by atoms with van der Waals surface area (Å²) in [6.45, 7) is 5.18. The van der Waals surface area contributed by atoms with Crippen molar-refractivity contribution in [3.05, 3.63) is 0 Å². The average Bonchev–Trinajstić information content (AvgIpc) is 2.58. The molecule has 5 heteroatoms. The third-order valence-corrected chi connectivity index (χ3v) is 1.87. The predicted octanol–water partition coefficient (Wildman–Crippen LogP) is 2.15. The molecule has 0 saturated heterocycles. The fraction of sp³-hybridized carbons (Fsp3) is 0.875. The summed E-state index contributed by atoms with van der Waals surface area (Å²) in [4.78, 5) is 11.2. The van der Waals surface area contributed by atoms with E-state index in [0.717, 1.165) is 0 Å². The lowest BCUT2D eigenvalue weighted by molar-refractivity contribution is -0.156. The van der Waals surface area contributed by atoms with Gasteiger partial charge >= 0.3 is 13.2 Å². The minimum Gasteiger partial charge on any atom is -0.460 e. The van der Waals surface area contributed by atoms with Crippen LogP contribution in [0.2, 0.25) is 5.82 Å². The average molecular weight is 190 g/mol. The van der Waals surface area contributed by atoms with Crippen LogP contribution in [0.15, 0.2) is 0 Å².